The van der Waals surface area contributed by atoms with Crippen molar-refractivity contribution in [3.05, 3.63) is 119 Å². The van der Waals surface area contributed by atoms with E-state index in [0.717, 1.165) is 28.2 Å². The van der Waals surface area contributed by atoms with Crippen LogP contribution in [0, 0.1) is 5.82 Å². The maximum Gasteiger partial charge on any atom is 0.258 e. The maximum atomic E-state index is 13.5. The van der Waals surface area contributed by atoms with E-state index in [0.29, 0.717) is 31.6 Å². The number of carbonyl (C=O) groups excluding carboxylic acids is 2. The highest BCUT2D eigenvalue weighted by molar-refractivity contribution is 6.06. The van der Waals surface area contributed by atoms with Gasteiger partial charge in [0.25, 0.3) is 5.91 Å². The zero-order valence-electron chi connectivity index (χ0n) is 20.1. The number of rotatable bonds is 6. The predicted molar refractivity (Wildman–Crippen MR) is 136 cm³/mol. The fraction of sp³-hybridized carbons (Fsp3) is 0.207. The minimum Gasteiger partial charge on any atom is -0.338 e. The standard InChI is InChI=1S/C29H27FN4O2/c1-32-27-16-17-33(28(35)18-21-12-14-23(30)15-13-21)19-25(27)26(31-32)20-34(24-10-6-3-7-11-24)29(36)22-8-4-2-5-9-22/h2-15H,16-20H2,1H3. The molecule has 0 aliphatic carbocycles. The second-order valence-electron chi connectivity index (χ2n) is 8.96. The normalized spacial score (nSPS) is 12.8. The zero-order chi connectivity index (χ0) is 25.1. The number of fused-ring (bicyclic) bond motifs is 1. The first kappa shape index (κ1) is 23.5. The van der Waals surface area contributed by atoms with E-state index < -0.39 is 0 Å². The summed E-state index contributed by atoms with van der Waals surface area (Å²) in [6, 6.07) is 24.8. The Morgan fingerprint density at radius 1 is 0.944 bits per heavy atom. The number of hydrogen-bond donors (Lipinski definition) is 0. The third kappa shape index (κ3) is 4.91. The number of nitrogens with zero attached hydrogens (tertiary/aromatic N) is 4. The van der Waals surface area contributed by atoms with Gasteiger partial charge in [0.1, 0.15) is 5.82 Å². The third-order valence-electron chi connectivity index (χ3n) is 6.59. The lowest BCUT2D eigenvalue weighted by atomic mass is 10.0. The van der Waals surface area contributed by atoms with Gasteiger partial charge in [-0.05, 0) is 42.0 Å². The van der Waals surface area contributed by atoms with Crippen molar-refractivity contribution in [1.29, 1.82) is 0 Å². The van der Waals surface area contributed by atoms with Gasteiger partial charge in [-0.2, -0.15) is 5.10 Å². The van der Waals surface area contributed by atoms with Gasteiger partial charge in [0.15, 0.2) is 0 Å². The second kappa shape index (κ2) is 10.2. The molecule has 182 valence electrons. The Balaban J connectivity index is 1.41. The molecule has 2 amide bonds. The molecule has 1 aliphatic heterocycles. The first-order chi connectivity index (χ1) is 17.5. The van der Waals surface area contributed by atoms with E-state index in [1.165, 1.54) is 12.1 Å². The van der Waals surface area contributed by atoms with E-state index in [1.807, 2.05) is 77.3 Å². The minimum atomic E-state index is -0.318. The lowest BCUT2D eigenvalue weighted by Gasteiger charge is -2.29. The summed E-state index contributed by atoms with van der Waals surface area (Å²) in [7, 11) is 1.91. The summed E-state index contributed by atoms with van der Waals surface area (Å²) in [6.07, 6.45) is 0.903. The highest BCUT2D eigenvalue weighted by atomic mass is 19.1. The molecule has 0 radical (unpaired) electrons. The average Bonchev–Trinajstić information content (AvgIpc) is 3.23. The number of halogens is 1. The third-order valence-corrected chi connectivity index (χ3v) is 6.59. The van der Waals surface area contributed by atoms with Crippen LogP contribution in [0.5, 0.6) is 0 Å². The number of para-hydroxylation sites is 1. The molecule has 36 heavy (non-hydrogen) atoms. The number of anilines is 1. The molecular weight excluding hydrogens is 455 g/mol. The fourth-order valence-corrected chi connectivity index (χ4v) is 4.67. The smallest absolute Gasteiger partial charge is 0.258 e. The van der Waals surface area contributed by atoms with Crippen molar-refractivity contribution >= 4 is 17.5 Å². The Hall–Kier alpha value is -4.26. The van der Waals surface area contributed by atoms with Crippen LogP contribution in [-0.4, -0.2) is 33.0 Å². The van der Waals surface area contributed by atoms with E-state index in [2.05, 4.69) is 0 Å². The van der Waals surface area contributed by atoms with Crippen LogP contribution in [0.1, 0.15) is 32.9 Å². The highest BCUT2D eigenvalue weighted by Gasteiger charge is 2.29. The monoisotopic (exact) mass is 482 g/mol. The summed E-state index contributed by atoms with van der Waals surface area (Å²) < 4.78 is 15.1. The molecule has 7 heteroatoms. The first-order valence-corrected chi connectivity index (χ1v) is 12.0. The molecule has 1 aromatic heterocycles. The average molecular weight is 483 g/mol. The second-order valence-corrected chi connectivity index (χ2v) is 8.96. The Bertz CT molecular complexity index is 1370. The molecule has 0 saturated heterocycles. The Morgan fingerprint density at radius 3 is 2.31 bits per heavy atom. The molecule has 2 heterocycles. The van der Waals surface area contributed by atoms with E-state index in [1.54, 1.807) is 17.0 Å². The first-order valence-electron chi connectivity index (χ1n) is 12.0. The Kier molecular flexibility index (Phi) is 6.62. The van der Waals surface area contributed by atoms with Crippen molar-refractivity contribution in [2.45, 2.75) is 25.9 Å². The van der Waals surface area contributed by atoms with Gasteiger partial charge in [0.2, 0.25) is 5.91 Å². The van der Waals surface area contributed by atoms with Crippen LogP contribution in [0.2, 0.25) is 0 Å². The van der Waals surface area contributed by atoms with Crippen molar-refractivity contribution in [3.8, 4) is 0 Å². The van der Waals surface area contributed by atoms with E-state index in [4.69, 9.17) is 5.10 Å². The van der Waals surface area contributed by atoms with Crippen LogP contribution in [0.15, 0.2) is 84.9 Å². The number of benzene rings is 3. The van der Waals surface area contributed by atoms with Crippen LogP contribution >= 0.6 is 0 Å². The maximum absolute atomic E-state index is 13.5. The molecule has 3 aromatic carbocycles. The van der Waals surface area contributed by atoms with Crippen LogP contribution in [0.3, 0.4) is 0 Å². The van der Waals surface area contributed by atoms with Gasteiger partial charge in [0.05, 0.1) is 18.7 Å². The Labute approximate surface area is 209 Å². The highest BCUT2D eigenvalue weighted by Crippen LogP contribution is 2.27. The number of amides is 2. The zero-order valence-corrected chi connectivity index (χ0v) is 20.1. The fourth-order valence-electron chi connectivity index (χ4n) is 4.67. The van der Waals surface area contributed by atoms with Crippen molar-refractivity contribution in [2.75, 3.05) is 11.4 Å². The van der Waals surface area contributed by atoms with Crippen molar-refractivity contribution < 1.29 is 14.0 Å². The number of aryl methyl sites for hydroxylation is 1. The molecule has 4 aromatic rings. The molecule has 1 aliphatic rings. The molecule has 6 nitrogen and oxygen atoms in total. The summed E-state index contributed by atoms with van der Waals surface area (Å²) >= 11 is 0. The van der Waals surface area contributed by atoms with Gasteiger partial charge in [-0.25, -0.2) is 4.39 Å². The van der Waals surface area contributed by atoms with Gasteiger partial charge >= 0.3 is 0 Å². The van der Waals surface area contributed by atoms with E-state index >= 15 is 0 Å². The summed E-state index contributed by atoms with van der Waals surface area (Å²) in [5.74, 6) is -0.439. The van der Waals surface area contributed by atoms with E-state index in [9.17, 15) is 14.0 Å². The molecule has 5 rings (SSSR count). The molecule has 0 bridgehead atoms. The van der Waals surface area contributed by atoms with Crippen molar-refractivity contribution in [1.82, 2.24) is 14.7 Å². The molecule has 0 spiro atoms. The van der Waals surface area contributed by atoms with Crippen molar-refractivity contribution in [3.63, 3.8) is 0 Å². The molecule has 0 atom stereocenters. The predicted octanol–water partition coefficient (Wildman–Crippen LogP) is 4.53. The summed E-state index contributed by atoms with van der Waals surface area (Å²) in [5, 5.41) is 4.76. The molecule has 0 unspecified atom stereocenters. The quantitative estimate of drug-likeness (QED) is 0.406. The van der Waals surface area contributed by atoms with Gasteiger partial charge in [-0.15, -0.1) is 0 Å². The molecule has 0 fully saturated rings. The van der Waals surface area contributed by atoms with Gasteiger partial charge < -0.3 is 9.80 Å². The largest absolute Gasteiger partial charge is 0.338 e. The van der Waals surface area contributed by atoms with Gasteiger partial charge in [-0.3, -0.25) is 14.3 Å². The van der Waals surface area contributed by atoms with Gasteiger partial charge in [0, 0.05) is 49.1 Å². The van der Waals surface area contributed by atoms with Crippen LogP contribution < -0.4 is 4.90 Å². The number of carbonyl (C=O) groups is 2. The van der Waals surface area contributed by atoms with Crippen molar-refractivity contribution in [2.24, 2.45) is 7.05 Å². The number of aromatic nitrogens is 2. The Morgan fingerprint density at radius 2 is 1.61 bits per heavy atom. The molecular formula is C29H27FN4O2. The van der Waals surface area contributed by atoms with Crippen LogP contribution in [0.25, 0.3) is 0 Å². The minimum absolute atomic E-state index is 0.0117. The summed E-state index contributed by atoms with van der Waals surface area (Å²) in [4.78, 5) is 30.1. The molecule has 0 saturated carbocycles. The summed E-state index contributed by atoms with van der Waals surface area (Å²) in [6.45, 7) is 1.32. The molecule has 0 N–H and O–H groups in total. The number of hydrogen-bond acceptors (Lipinski definition) is 3. The van der Waals surface area contributed by atoms with Gasteiger partial charge in [-0.1, -0.05) is 48.5 Å². The summed E-state index contributed by atoms with van der Waals surface area (Å²) in [5.41, 5.74) is 5.00. The van der Waals surface area contributed by atoms with Crippen LogP contribution in [-0.2, 0) is 37.8 Å². The SMILES string of the molecule is Cn1nc(CN(C(=O)c2ccccc2)c2ccccc2)c2c1CCN(C(=O)Cc1ccc(F)cc1)C2. The topological polar surface area (TPSA) is 58.4 Å². The lowest BCUT2D eigenvalue weighted by Crippen LogP contribution is -2.38. The van der Waals surface area contributed by atoms with E-state index in [-0.39, 0.29) is 24.1 Å². The lowest BCUT2D eigenvalue weighted by molar-refractivity contribution is -0.131. The van der Waals surface area contributed by atoms with Crippen LogP contribution in [0.4, 0.5) is 10.1 Å².